The van der Waals surface area contributed by atoms with E-state index >= 15 is 0 Å². The summed E-state index contributed by atoms with van der Waals surface area (Å²) in [6, 6.07) is 12.7. The van der Waals surface area contributed by atoms with E-state index < -0.39 is 0 Å². The molecule has 3 heteroatoms. The van der Waals surface area contributed by atoms with Crippen LogP contribution >= 0.6 is 0 Å². The second kappa shape index (κ2) is 6.19. The summed E-state index contributed by atoms with van der Waals surface area (Å²) < 4.78 is 0. The number of hydrogen-bond donors (Lipinski definition) is 0. The van der Waals surface area contributed by atoms with E-state index in [0.717, 1.165) is 23.2 Å². The number of nitrogens with zero attached hydrogens (tertiary/aromatic N) is 2. The van der Waals surface area contributed by atoms with Crippen LogP contribution in [-0.4, -0.2) is 23.1 Å². The molecule has 0 saturated carbocycles. The summed E-state index contributed by atoms with van der Waals surface area (Å²) in [5.41, 5.74) is 7.58. The van der Waals surface area contributed by atoms with Crippen LogP contribution in [0.5, 0.6) is 0 Å². The Hall–Kier alpha value is -2.68. The summed E-state index contributed by atoms with van der Waals surface area (Å²) in [6.07, 6.45) is 4.73. The highest BCUT2D eigenvalue weighted by Crippen LogP contribution is 2.35. The summed E-state index contributed by atoms with van der Waals surface area (Å²) >= 11 is 0. The third kappa shape index (κ3) is 3.12. The van der Waals surface area contributed by atoms with Crippen molar-refractivity contribution < 1.29 is 4.79 Å². The Morgan fingerprint density at radius 1 is 1.04 bits per heavy atom. The molecule has 0 aromatic heterocycles. The Morgan fingerprint density at radius 2 is 1.70 bits per heavy atom. The van der Waals surface area contributed by atoms with Gasteiger partial charge in [0.2, 0.25) is 0 Å². The van der Waals surface area contributed by atoms with Crippen LogP contribution in [0.15, 0.2) is 47.6 Å². The van der Waals surface area contributed by atoms with Gasteiger partial charge in [0, 0.05) is 18.8 Å². The first-order valence-electron chi connectivity index (χ1n) is 9.54. The van der Waals surface area contributed by atoms with Crippen LogP contribution in [0.4, 0.5) is 5.69 Å². The summed E-state index contributed by atoms with van der Waals surface area (Å²) in [5, 5.41) is 0. The third-order valence-corrected chi connectivity index (χ3v) is 5.67. The molecular formula is C24H26N2O. The predicted octanol–water partition coefficient (Wildman–Crippen LogP) is 5.57. The van der Waals surface area contributed by atoms with E-state index in [1.54, 1.807) is 0 Å². The number of fused-ring (bicyclic) bond motifs is 2. The molecule has 2 aromatic carbocycles. The summed E-state index contributed by atoms with van der Waals surface area (Å²) in [7, 11) is 0. The quantitative estimate of drug-likeness (QED) is 0.656. The normalized spacial score (nSPS) is 18.9. The van der Waals surface area contributed by atoms with Gasteiger partial charge in [0.15, 0.2) is 0 Å². The molecule has 2 aliphatic heterocycles. The molecule has 2 aromatic rings. The van der Waals surface area contributed by atoms with Gasteiger partial charge in [0.25, 0.3) is 5.91 Å². The SMILES string of the molecule is Cc1cc2c(cc1C)C(=O)N1C=C(c3ccc(C(C)(C)C)cc3)C[C@H]1C=N2. The molecule has 4 rings (SSSR count). The van der Waals surface area contributed by atoms with Crippen LogP contribution in [0.25, 0.3) is 5.57 Å². The molecule has 0 radical (unpaired) electrons. The van der Waals surface area contributed by atoms with Gasteiger partial charge in [-0.3, -0.25) is 9.79 Å². The van der Waals surface area contributed by atoms with E-state index in [1.165, 1.54) is 16.7 Å². The number of benzene rings is 2. The Morgan fingerprint density at radius 3 is 2.37 bits per heavy atom. The van der Waals surface area contributed by atoms with Crippen LogP contribution in [0, 0.1) is 13.8 Å². The van der Waals surface area contributed by atoms with Crippen LogP contribution in [-0.2, 0) is 5.41 Å². The fourth-order valence-corrected chi connectivity index (χ4v) is 3.73. The monoisotopic (exact) mass is 358 g/mol. The van der Waals surface area contributed by atoms with Gasteiger partial charge in [-0.1, -0.05) is 45.0 Å². The molecule has 1 atom stereocenters. The van der Waals surface area contributed by atoms with Crippen molar-refractivity contribution in [2.75, 3.05) is 0 Å². The number of carbonyl (C=O) groups is 1. The number of carbonyl (C=O) groups excluding carboxylic acids is 1. The van der Waals surface area contributed by atoms with Gasteiger partial charge < -0.3 is 4.90 Å². The average Bonchev–Trinajstić information content (AvgIpc) is 3.01. The minimum Gasteiger partial charge on any atom is -0.306 e. The molecule has 0 spiro atoms. The Labute approximate surface area is 161 Å². The molecular weight excluding hydrogens is 332 g/mol. The lowest BCUT2D eigenvalue weighted by Gasteiger charge is -2.19. The maximum absolute atomic E-state index is 13.1. The van der Waals surface area contributed by atoms with Crippen LogP contribution in [0.2, 0.25) is 0 Å². The number of aryl methyl sites for hydroxylation is 2. The summed E-state index contributed by atoms with van der Waals surface area (Å²) in [6.45, 7) is 10.8. The predicted molar refractivity (Wildman–Crippen MR) is 112 cm³/mol. The highest BCUT2D eigenvalue weighted by atomic mass is 16.2. The molecule has 138 valence electrons. The number of aliphatic imine (C=N–C) groups is 1. The van der Waals surface area contributed by atoms with Gasteiger partial charge in [0.1, 0.15) is 0 Å². The fourth-order valence-electron chi connectivity index (χ4n) is 3.73. The minimum absolute atomic E-state index is 0.0113. The Kier molecular flexibility index (Phi) is 4.06. The van der Waals surface area contributed by atoms with E-state index in [4.69, 9.17) is 0 Å². The van der Waals surface area contributed by atoms with Gasteiger partial charge in [-0.2, -0.15) is 0 Å². The maximum Gasteiger partial charge on any atom is 0.260 e. The molecule has 0 saturated heterocycles. The number of amides is 1. The van der Waals surface area contributed by atoms with E-state index in [2.05, 4.69) is 57.0 Å². The first kappa shape index (κ1) is 17.7. The fraction of sp³-hybridized carbons (Fsp3) is 0.333. The van der Waals surface area contributed by atoms with Crippen molar-refractivity contribution in [3.05, 3.63) is 70.4 Å². The smallest absolute Gasteiger partial charge is 0.260 e. The minimum atomic E-state index is -0.0113. The van der Waals surface area contributed by atoms with Gasteiger partial charge in [-0.25, -0.2) is 0 Å². The van der Waals surface area contributed by atoms with Crippen LogP contribution in [0.1, 0.15) is 59.8 Å². The highest BCUT2D eigenvalue weighted by Gasteiger charge is 2.32. The number of hydrogen-bond acceptors (Lipinski definition) is 2. The molecule has 0 unspecified atom stereocenters. The average molecular weight is 358 g/mol. The summed E-state index contributed by atoms with van der Waals surface area (Å²) in [5.74, 6) is 0.0388. The largest absolute Gasteiger partial charge is 0.306 e. The molecule has 27 heavy (non-hydrogen) atoms. The number of rotatable bonds is 1. The van der Waals surface area contributed by atoms with Crippen molar-refractivity contribution in [2.24, 2.45) is 4.99 Å². The zero-order chi connectivity index (χ0) is 19.3. The summed E-state index contributed by atoms with van der Waals surface area (Å²) in [4.78, 5) is 19.6. The van der Waals surface area contributed by atoms with Crippen molar-refractivity contribution in [3.63, 3.8) is 0 Å². The first-order valence-corrected chi connectivity index (χ1v) is 9.54. The van der Waals surface area contributed by atoms with Gasteiger partial charge in [0.05, 0.1) is 17.3 Å². The molecule has 0 N–H and O–H groups in total. The van der Waals surface area contributed by atoms with E-state index in [9.17, 15) is 4.79 Å². The van der Waals surface area contributed by atoms with Crippen molar-refractivity contribution in [2.45, 2.75) is 52.5 Å². The van der Waals surface area contributed by atoms with Crippen molar-refractivity contribution in [3.8, 4) is 0 Å². The molecule has 1 amide bonds. The zero-order valence-electron chi connectivity index (χ0n) is 16.7. The van der Waals surface area contributed by atoms with E-state index in [1.807, 2.05) is 36.4 Å². The lowest BCUT2D eigenvalue weighted by molar-refractivity contribution is 0.0818. The van der Waals surface area contributed by atoms with Crippen LogP contribution < -0.4 is 0 Å². The lowest BCUT2D eigenvalue weighted by Crippen LogP contribution is -2.32. The Bertz CT molecular complexity index is 975. The lowest BCUT2D eigenvalue weighted by atomic mass is 9.86. The first-order chi connectivity index (χ1) is 12.7. The molecule has 2 heterocycles. The second-order valence-electron chi connectivity index (χ2n) is 8.70. The third-order valence-electron chi connectivity index (χ3n) is 5.67. The van der Waals surface area contributed by atoms with E-state index in [0.29, 0.717) is 5.56 Å². The molecule has 2 aliphatic rings. The molecule has 0 bridgehead atoms. The van der Waals surface area contributed by atoms with Gasteiger partial charge in [-0.05, 0) is 59.2 Å². The zero-order valence-corrected chi connectivity index (χ0v) is 16.7. The van der Waals surface area contributed by atoms with Crippen molar-refractivity contribution in [1.82, 2.24) is 4.90 Å². The Balaban J connectivity index is 1.67. The highest BCUT2D eigenvalue weighted by molar-refractivity contribution is 6.05. The molecule has 0 fully saturated rings. The molecule has 3 nitrogen and oxygen atoms in total. The topological polar surface area (TPSA) is 32.7 Å². The van der Waals surface area contributed by atoms with Crippen molar-refractivity contribution in [1.29, 1.82) is 0 Å². The second-order valence-corrected chi connectivity index (χ2v) is 8.70. The van der Waals surface area contributed by atoms with Crippen molar-refractivity contribution >= 4 is 23.4 Å². The van der Waals surface area contributed by atoms with Crippen LogP contribution in [0.3, 0.4) is 0 Å². The maximum atomic E-state index is 13.1. The molecule has 0 aliphatic carbocycles. The van der Waals surface area contributed by atoms with Gasteiger partial charge >= 0.3 is 0 Å². The van der Waals surface area contributed by atoms with E-state index in [-0.39, 0.29) is 17.4 Å². The standard InChI is InChI=1S/C24H26N2O/c1-15-10-21-22(11-16(15)2)25-13-20-12-18(14-26(20)23(21)27)17-6-8-19(9-7-17)24(3,4)5/h6-11,13-14,20H,12H2,1-5H3/t20-/m0/s1. The van der Waals surface area contributed by atoms with Gasteiger partial charge in [-0.15, -0.1) is 0 Å².